The van der Waals surface area contributed by atoms with Crippen LogP contribution in [0.2, 0.25) is 0 Å². The van der Waals surface area contributed by atoms with Gasteiger partial charge in [-0.15, -0.1) is 0 Å². The first kappa shape index (κ1) is 17.1. The van der Waals surface area contributed by atoms with Crippen LogP contribution in [0.15, 0.2) is 24.3 Å². The van der Waals surface area contributed by atoms with Gasteiger partial charge >= 0.3 is 5.97 Å². The van der Waals surface area contributed by atoms with Crippen LogP contribution in [0.3, 0.4) is 0 Å². The van der Waals surface area contributed by atoms with Crippen molar-refractivity contribution >= 4 is 11.9 Å². The molecule has 0 saturated heterocycles. The Balaban J connectivity index is 2.55. The molecule has 1 aromatic carbocycles. The van der Waals surface area contributed by atoms with E-state index in [4.69, 9.17) is 4.74 Å². The van der Waals surface area contributed by atoms with Gasteiger partial charge in [0.05, 0.1) is 19.4 Å². The lowest BCUT2D eigenvalue weighted by atomic mass is 10.1. The molecular weight excluding hydrogens is 273 g/mol. The van der Waals surface area contributed by atoms with E-state index in [1.165, 1.54) is 12.1 Å². The Kier molecular flexibility index (Phi) is 7.43. The molecule has 0 atom stereocenters. The van der Waals surface area contributed by atoms with Crippen molar-refractivity contribution in [2.24, 2.45) is 0 Å². The largest absolute Gasteiger partial charge is 0.466 e. The highest BCUT2D eigenvalue weighted by atomic mass is 19.1. The minimum Gasteiger partial charge on any atom is -0.466 e. The predicted octanol–water partition coefficient (Wildman–Crippen LogP) is 2.56. The Morgan fingerprint density at radius 2 is 1.81 bits per heavy atom. The second kappa shape index (κ2) is 9.10. The van der Waals surface area contributed by atoms with E-state index in [0.29, 0.717) is 19.7 Å². The third kappa shape index (κ3) is 6.38. The van der Waals surface area contributed by atoms with Gasteiger partial charge in [0.25, 0.3) is 0 Å². The average molecular weight is 295 g/mol. The Labute approximate surface area is 124 Å². The van der Waals surface area contributed by atoms with Gasteiger partial charge in [0.15, 0.2) is 0 Å². The normalized spacial score (nSPS) is 10.2. The summed E-state index contributed by atoms with van der Waals surface area (Å²) in [6.07, 6.45) is 1.23. The minimum absolute atomic E-state index is 0.0623. The maximum Gasteiger partial charge on any atom is 0.307 e. The number of nitrogens with zero attached hydrogens (tertiary/aromatic N) is 1. The summed E-state index contributed by atoms with van der Waals surface area (Å²) < 4.78 is 17.7. The summed E-state index contributed by atoms with van der Waals surface area (Å²) in [6, 6.07) is 5.88. The van der Waals surface area contributed by atoms with Gasteiger partial charge in [-0.1, -0.05) is 19.1 Å². The summed E-state index contributed by atoms with van der Waals surface area (Å²) >= 11 is 0. The first-order valence-corrected chi connectivity index (χ1v) is 7.24. The molecule has 0 unspecified atom stereocenters. The third-order valence-electron chi connectivity index (χ3n) is 3.01. The van der Waals surface area contributed by atoms with Gasteiger partial charge in [-0.2, -0.15) is 0 Å². The highest BCUT2D eigenvalue weighted by molar-refractivity contribution is 5.79. The van der Waals surface area contributed by atoms with Gasteiger partial charge in [-0.25, -0.2) is 4.39 Å². The van der Waals surface area contributed by atoms with E-state index in [1.807, 2.05) is 6.92 Å². The molecular formula is C16H22FNO3. The van der Waals surface area contributed by atoms with Crippen molar-refractivity contribution < 1.29 is 18.7 Å². The fourth-order valence-corrected chi connectivity index (χ4v) is 1.98. The monoisotopic (exact) mass is 295 g/mol. The third-order valence-corrected chi connectivity index (χ3v) is 3.01. The molecule has 1 aromatic rings. The van der Waals surface area contributed by atoms with Crippen LogP contribution < -0.4 is 0 Å². The fourth-order valence-electron chi connectivity index (χ4n) is 1.98. The maximum absolute atomic E-state index is 12.8. The molecule has 0 aliphatic carbocycles. The van der Waals surface area contributed by atoms with Crippen LogP contribution in [-0.4, -0.2) is 36.5 Å². The molecule has 0 N–H and O–H groups in total. The van der Waals surface area contributed by atoms with Crippen LogP contribution in [0.5, 0.6) is 0 Å². The molecule has 116 valence electrons. The molecule has 0 fully saturated rings. The number of amides is 1. The van der Waals surface area contributed by atoms with E-state index in [2.05, 4.69) is 0 Å². The second-order valence-corrected chi connectivity index (χ2v) is 4.74. The molecule has 1 rings (SSSR count). The zero-order chi connectivity index (χ0) is 15.7. The van der Waals surface area contributed by atoms with E-state index in [0.717, 1.165) is 12.0 Å². The second-order valence-electron chi connectivity index (χ2n) is 4.74. The Morgan fingerprint density at radius 1 is 1.14 bits per heavy atom. The molecule has 0 heterocycles. The maximum atomic E-state index is 12.8. The topological polar surface area (TPSA) is 46.6 Å². The zero-order valence-corrected chi connectivity index (χ0v) is 12.6. The van der Waals surface area contributed by atoms with Crippen LogP contribution in [0, 0.1) is 5.82 Å². The van der Waals surface area contributed by atoms with E-state index in [1.54, 1.807) is 24.0 Å². The van der Waals surface area contributed by atoms with Crippen molar-refractivity contribution in [3.8, 4) is 0 Å². The molecule has 0 bridgehead atoms. The summed E-state index contributed by atoms with van der Waals surface area (Å²) in [5.41, 5.74) is 0.763. The van der Waals surface area contributed by atoms with Crippen molar-refractivity contribution in [1.29, 1.82) is 0 Å². The highest BCUT2D eigenvalue weighted by Crippen LogP contribution is 2.07. The molecule has 0 saturated carbocycles. The first-order chi connectivity index (χ1) is 10.1. The van der Waals surface area contributed by atoms with Crippen molar-refractivity contribution in [3.63, 3.8) is 0 Å². The van der Waals surface area contributed by atoms with Gasteiger partial charge < -0.3 is 9.64 Å². The molecule has 5 heteroatoms. The van der Waals surface area contributed by atoms with Gasteiger partial charge in [-0.05, 0) is 31.0 Å². The number of esters is 1. The van der Waals surface area contributed by atoms with Gasteiger partial charge in [-0.3, -0.25) is 9.59 Å². The Bertz CT molecular complexity index is 459. The smallest absolute Gasteiger partial charge is 0.307 e. The van der Waals surface area contributed by atoms with E-state index in [9.17, 15) is 14.0 Å². The Hall–Kier alpha value is -1.91. The number of ether oxygens (including phenoxy) is 1. The van der Waals surface area contributed by atoms with Crippen molar-refractivity contribution in [2.45, 2.75) is 33.1 Å². The van der Waals surface area contributed by atoms with Crippen LogP contribution in [0.4, 0.5) is 4.39 Å². The molecule has 0 aliphatic rings. The molecule has 0 spiro atoms. The number of halogens is 1. The van der Waals surface area contributed by atoms with Crippen LogP contribution in [0.1, 0.15) is 32.3 Å². The van der Waals surface area contributed by atoms with Gasteiger partial charge in [0.2, 0.25) is 5.91 Å². The summed E-state index contributed by atoms with van der Waals surface area (Å²) in [6.45, 7) is 5.02. The number of hydrogen-bond acceptors (Lipinski definition) is 3. The molecule has 1 amide bonds. The fraction of sp³-hybridized carbons (Fsp3) is 0.500. The summed E-state index contributed by atoms with van der Waals surface area (Å²) in [7, 11) is 0. The molecule has 21 heavy (non-hydrogen) atoms. The average Bonchev–Trinajstić information content (AvgIpc) is 2.46. The lowest BCUT2D eigenvalue weighted by Gasteiger charge is -2.21. The van der Waals surface area contributed by atoms with E-state index in [-0.39, 0.29) is 30.5 Å². The van der Waals surface area contributed by atoms with Gasteiger partial charge in [0, 0.05) is 13.1 Å². The highest BCUT2D eigenvalue weighted by Gasteiger charge is 2.15. The molecule has 0 aromatic heterocycles. The van der Waals surface area contributed by atoms with E-state index < -0.39 is 0 Å². The van der Waals surface area contributed by atoms with Crippen molar-refractivity contribution in [1.82, 2.24) is 4.90 Å². The predicted molar refractivity (Wildman–Crippen MR) is 78.2 cm³/mol. The number of hydrogen-bond donors (Lipinski definition) is 0. The lowest BCUT2D eigenvalue weighted by Crippen LogP contribution is -2.35. The van der Waals surface area contributed by atoms with Crippen LogP contribution in [-0.2, 0) is 20.7 Å². The first-order valence-electron chi connectivity index (χ1n) is 7.24. The number of carbonyl (C=O) groups is 2. The lowest BCUT2D eigenvalue weighted by molar-refractivity contribution is -0.144. The number of carbonyl (C=O) groups excluding carboxylic acids is 2. The number of benzene rings is 1. The molecule has 0 aliphatic heterocycles. The molecule has 0 radical (unpaired) electrons. The number of rotatable bonds is 8. The summed E-state index contributed by atoms with van der Waals surface area (Å²) in [4.78, 5) is 25.3. The molecule has 4 nitrogen and oxygen atoms in total. The Morgan fingerprint density at radius 3 is 2.38 bits per heavy atom. The minimum atomic E-state index is -0.320. The SMILES string of the molecule is CCCN(CCC(=O)OCC)C(=O)Cc1ccc(F)cc1. The summed E-state index contributed by atoms with van der Waals surface area (Å²) in [5, 5.41) is 0. The van der Waals surface area contributed by atoms with Crippen molar-refractivity contribution in [2.75, 3.05) is 19.7 Å². The zero-order valence-electron chi connectivity index (χ0n) is 12.6. The quantitative estimate of drug-likeness (QED) is 0.692. The van der Waals surface area contributed by atoms with Crippen LogP contribution >= 0.6 is 0 Å². The summed E-state index contributed by atoms with van der Waals surface area (Å²) in [5.74, 6) is -0.681. The standard InChI is InChI=1S/C16H22FNO3/c1-3-10-18(11-9-16(20)21-4-2)15(19)12-13-5-7-14(17)8-6-13/h5-8H,3-4,9-12H2,1-2H3. The van der Waals surface area contributed by atoms with Crippen LogP contribution in [0.25, 0.3) is 0 Å². The van der Waals surface area contributed by atoms with Gasteiger partial charge in [0.1, 0.15) is 5.82 Å². The van der Waals surface area contributed by atoms with Crippen molar-refractivity contribution in [3.05, 3.63) is 35.6 Å². The van der Waals surface area contributed by atoms with E-state index >= 15 is 0 Å².